The first kappa shape index (κ1) is 17.3. The van der Waals surface area contributed by atoms with E-state index in [0.717, 1.165) is 0 Å². The summed E-state index contributed by atoms with van der Waals surface area (Å²) >= 11 is 0. The normalized spacial score (nSPS) is 17.7. The van der Waals surface area contributed by atoms with Gasteiger partial charge in [0, 0.05) is 17.9 Å². The second-order valence-corrected chi connectivity index (χ2v) is 5.64. The van der Waals surface area contributed by atoms with Gasteiger partial charge in [0.1, 0.15) is 0 Å². The van der Waals surface area contributed by atoms with Crippen molar-refractivity contribution >= 4 is 5.78 Å². The molecule has 0 heterocycles. The number of carbonyl (C=O) groups excluding carboxylic acids is 1. The Hall–Kier alpha value is -0.670. The maximum absolute atomic E-state index is 12.3. The fourth-order valence-electron chi connectivity index (χ4n) is 1.98. The van der Waals surface area contributed by atoms with E-state index < -0.39 is 12.1 Å². The Kier molecular flexibility index (Phi) is 7.41. The molecule has 0 rings (SSSR count). The van der Waals surface area contributed by atoms with E-state index >= 15 is 0 Å². The number of aliphatic hydroxyl groups excluding tert-OH is 1. The first-order valence-corrected chi connectivity index (χ1v) is 6.80. The number of rotatable bonds is 7. The Morgan fingerprint density at radius 1 is 1.17 bits per heavy atom. The predicted molar refractivity (Wildman–Crippen MR) is 76.5 cm³/mol. The first-order chi connectivity index (χ1) is 8.23. The fourth-order valence-corrected chi connectivity index (χ4v) is 1.98. The van der Waals surface area contributed by atoms with Crippen molar-refractivity contribution in [3.8, 4) is 0 Å². The standard InChI is InChI=1S/C15H29NO2/c1-8-9-12(6)15(18)13(14(17)10(2)3)16(7)11(4)5/h8-13,15,18H,1-7H3/b9-8-/t12-,13-,15-/m1/s1. The molecule has 0 bridgehead atoms. The lowest BCUT2D eigenvalue weighted by molar-refractivity contribution is -0.132. The molecule has 0 spiro atoms. The molecule has 0 aliphatic rings. The van der Waals surface area contributed by atoms with Gasteiger partial charge in [-0.25, -0.2) is 0 Å². The van der Waals surface area contributed by atoms with Crippen LogP contribution in [0.15, 0.2) is 12.2 Å². The predicted octanol–water partition coefficient (Wildman–Crippen LogP) is 2.49. The van der Waals surface area contributed by atoms with E-state index in [1.165, 1.54) is 0 Å². The average Bonchev–Trinajstić information content (AvgIpc) is 2.28. The number of hydrogen-bond acceptors (Lipinski definition) is 3. The zero-order valence-corrected chi connectivity index (χ0v) is 12.8. The topological polar surface area (TPSA) is 40.5 Å². The summed E-state index contributed by atoms with van der Waals surface area (Å²) in [6.45, 7) is 11.7. The van der Waals surface area contributed by atoms with Gasteiger partial charge in [-0.3, -0.25) is 9.69 Å². The molecule has 0 aliphatic heterocycles. The smallest absolute Gasteiger partial charge is 0.155 e. The van der Waals surface area contributed by atoms with E-state index in [1.54, 1.807) is 0 Å². The highest BCUT2D eigenvalue weighted by Crippen LogP contribution is 2.19. The lowest BCUT2D eigenvalue weighted by Crippen LogP contribution is -2.53. The van der Waals surface area contributed by atoms with Crippen LogP contribution in [0.3, 0.4) is 0 Å². The molecule has 0 fully saturated rings. The number of nitrogens with zero attached hydrogens (tertiary/aromatic N) is 1. The van der Waals surface area contributed by atoms with E-state index in [9.17, 15) is 9.90 Å². The molecule has 3 atom stereocenters. The van der Waals surface area contributed by atoms with Gasteiger partial charge in [-0.2, -0.15) is 0 Å². The van der Waals surface area contributed by atoms with Crippen LogP contribution in [0.2, 0.25) is 0 Å². The van der Waals surface area contributed by atoms with Crippen LogP contribution >= 0.6 is 0 Å². The molecule has 0 aromatic carbocycles. The molecule has 0 aromatic heterocycles. The van der Waals surface area contributed by atoms with E-state index in [1.807, 2.05) is 65.6 Å². The van der Waals surface area contributed by atoms with Gasteiger partial charge in [-0.15, -0.1) is 0 Å². The van der Waals surface area contributed by atoms with Crippen molar-refractivity contribution in [1.82, 2.24) is 4.90 Å². The second kappa shape index (κ2) is 7.70. The number of carbonyl (C=O) groups is 1. The molecule has 0 saturated carbocycles. The number of ketones is 1. The molecule has 0 unspecified atom stereocenters. The van der Waals surface area contributed by atoms with E-state index in [-0.39, 0.29) is 23.7 Å². The number of aliphatic hydroxyl groups is 1. The van der Waals surface area contributed by atoms with E-state index in [2.05, 4.69) is 0 Å². The summed E-state index contributed by atoms with van der Waals surface area (Å²) in [5.41, 5.74) is 0. The van der Waals surface area contributed by atoms with Crippen LogP contribution in [0.5, 0.6) is 0 Å². The van der Waals surface area contributed by atoms with E-state index in [0.29, 0.717) is 0 Å². The molecule has 0 radical (unpaired) electrons. The van der Waals surface area contributed by atoms with Crippen LogP contribution in [-0.2, 0) is 4.79 Å². The third-order valence-corrected chi connectivity index (χ3v) is 3.47. The summed E-state index contributed by atoms with van der Waals surface area (Å²) in [5, 5.41) is 10.4. The quantitative estimate of drug-likeness (QED) is 0.711. The molecule has 18 heavy (non-hydrogen) atoms. The number of hydrogen-bond donors (Lipinski definition) is 1. The highest BCUT2D eigenvalue weighted by atomic mass is 16.3. The number of likely N-dealkylation sites (N-methyl/N-ethyl adjacent to an activating group) is 1. The molecule has 106 valence electrons. The summed E-state index contributed by atoms with van der Waals surface area (Å²) in [6.07, 6.45) is 3.20. The third kappa shape index (κ3) is 4.54. The zero-order valence-electron chi connectivity index (χ0n) is 12.8. The minimum atomic E-state index is -0.663. The van der Waals surface area contributed by atoms with Crippen LogP contribution < -0.4 is 0 Å². The molecule has 3 nitrogen and oxygen atoms in total. The van der Waals surface area contributed by atoms with Crippen molar-refractivity contribution in [2.45, 2.75) is 59.7 Å². The highest BCUT2D eigenvalue weighted by molar-refractivity contribution is 5.86. The minimum Gasteiger partial charge on any atom is -0.390 e. The summed E-state index contributed by atoms with van der Waals surface area (Å²) < 4.78 is 0. The Morgan fingerprint density at radius 2 is 1.67 bits per heavy atom. The first-order valence-electron chi connectivity index (χ1n) is 6.80. The second-order valence-electron chi connectivity index (χ2n) is 5.64. The van der Waals surface area contributed by atoms with Crippen LogP contribution in [0.25, 0.3) is 0 Å². The van der Waals surface area contributed by atoms with Crippen molar-refractivity contribution in [3.63, 3.8) is 0 Å². The van der Waals surface area contributed by atoms with Crippen LogP contribution in [0.4, 0.5) is 0 Å². The van der Waals surface area contributed by atoms with Gasteiger partial charge in [0.05, 0.1) is 12.1 Å². The van der Waals surface area contributed by atoms with Crippen molar-refractivity contribution in [1.29, 1.82) is 0 Å². The van der Waals surface area contributed by atoms with Crippen molar-refractivity contribution in [2.75, 3.05) is 7.05 Å². The van der Waals surface area contributed by atoms with Crippen molar-refractivity contribution < 1.29 is 9.90 Å². The summed E-state index contributed by atoms with van der Waals surface area (Å²) in [4.78, 5) is 14.3. The molecular formula is C15H29NO2. The Balaban J connectivity index is 5.14. The molecule has 1 N–H and O–H groups in total. The molecule has 0 amide bonds. The van der Waals surface area contributed by atoms with Gasteiger partial charge >= 0.3 is 0 Å². The molecule has 0 aliphatic carbocycles. The van der Waals surface area contributed by atoms with Gasteiger partial charge < -0.3 is 5.11 Å². The largest absolute Gasteiger partial charge is 0.390 e. The van der Waals surface area contributed by atoms with Crippen LogP contribution in [0, 0.1) is 11.8 Å². The molecule has 0 saturated heterocycles. The van der Waals surface area contributed by atoms with Crippen molar-refractivity contribution in [2.24, 2.45) is 11.8 Å². The summed E-state index contributed by atoms with van der Waals surface area (Å²) in [5.74, 6) is 0.0163. The summed E-state index contributed by atoms with van der Waals surface area (Å²) in [6, 6.07) is -0.207. The van der Waals surface area contributed by atoms with Gasteiger partial charge in [-0.1, -0.05) is 32.9 Å². The Bertz CT molecular complexity index is 284. The van der Waals surface area contributed by atoms with Gasteiger partial charge in [0.2, 0.25) is 0 Å². The maximum atomic E-state index is 12.3. The zero-order chi connectivity index (χ0) is 14.5. The maximum Gasteiger partial charge on any atom is 0.155 e. The van der Waals surface area contributed by atoms with Gasteiger partial charge in [0.25, 0.3) is 0 Å². The minimum absolute atomic E-state index is 0.0242. The number of allylic oxidation sites excluding steroid dienone is 1. The van der Waals surface area contributed by atoms with Crippen LogP contribution in [-0.4, -0.2) is 41.0 Å². The van der Waals surface area contributed by atoms with Gasteiger partial charge in [0.15, 0.2) is 5.78 Å². The average molecular weight is 255 g/mol. The summed E-state index contributed by atoms with van der Waals surface area (Å²) in [7, 11) is 1.90. The van der Waals surface area contributed by atoms with Crippen molar-refractivity contribution in [3.05, 3.63) is 12.2 Å². The van der Waals surface area contributed by atoms with Crippen LogP contribution in [0.1, 0.15) is 41.5 Å². The van der Waals surface area contributed by atoms with Gasteiger partial charge in [-0.05, 0) is 27.8 Å². The Morgan fingerprint density at radius 3 is 2.00 bits per heavy atom. The van der Waals surface area contributed by atoms with E-state index in [4.69, 9.17) is 0 Å². The SMILES string of the molecule is C/C=C\[C@@H](C)[C@@H](O)[C@@H](C(=O)C(C)C)N(C)C(C)C. The Labute approximate surface area is 112 Å². The lowest BCUT2D eigenvalue weighted by atomic mass is 9.88. The third-order valence-electron chi connectivity index (χ3n) is 3.47. The number of Topliss-reactive ketones (excluding diaryl/α,β-unsaturated/α-hetero) is 1. The fraction of sp³-hybridized carbons (Fsp3) is 0.800. The molecular weight excluding hydrogens is 226 g/mol. The highest BCUT2D eigenvalue weighted by Gasteiger charge is 2.35. The molecule has 0 aromatic rings. The molecule has 3 heteroatoms. The lowest BCUT2D eigenvalue weighted by Gasteiger charge is -2.36. The monoisotopic (exact) mass is 255 g/mol.